The van der Waals surface area contributed by atoms with Gasteiger partial charge in [0.1, 0.15) is 0 Å². The molecule has 3 N–H and O–H groups in total. The van der Waals surface area contributed by atoms with E-state index in [1.807, 2.05) is 0 Å². The maximum Gasteiger partial charge on any atom is 0.310 e. The molecule has 0 heterocycles. The lowest BCUT2D eigenvalue weighted by Gasteiger charge is -2.21. The van der Waals surface area contributed by atoms with Gasteiger partial charge in [-0.3, -0.25) is 14.4 Å². The van der Waals surface area contributed by atoms with Crippen molar-refractivity contribution in [1.29, 1.82) is 0 Å². The summed E-state index contributed by atoms with van der Waals surface area (Å²) in [5.41, 5.74) is 1.09. The molecule has 1 aliphatic rings. The van der Waals surface area contributed by atoms with Gasteiger partial charge in [-0.2, -0.15) is 0 Å². The first-order valence-electron chi connectivity index (χ1n) is 7.57. The molecule has 0 fully saturated rings. The number of rotatable bonds is 6. The summed E-state index contributed by atoms with van der Waals surface area (Å²) in [6.45, 7) is 1.13. The topological polar surface area (TPSA) is 104 Å². The number of hydrogen-bond donors (Lipinski definition) is 3. The summed E-state index contributed by atoms with van der Waals surface area (Å²) >= 11 is 0. The van der Waals surface area contributed by atoms with Crippen LogP contribution in [0.15, 0.2) is 48.6 Å². The van der Waals surface area contributed by atoms with Crippen LogP contribution >= 0.6 is 0 Å². The fraction of sp³-hybridized carbons (Fsp3) is 0.278. The molecule has 1 aliphatic carbocycles. The molecule has 24 heavy (non-hydrogen) atoms. The van der Waals surface area contributed by atoms with Crippen LogP contribution in [-0.4, -0.2) is 34.5 Å². The summed E-state index contributed by atoms with van der Waals surface area (Å²) in [6, 6.07) is 6.44. The van der Waals surface area contributed by atoms with Crippen molar-refractivity contribution in [2.75, 3.05) is 11.9 Å². The number of ketones is 1. The van der Waals surface area contributed by atoms with E-state index in [4.69, 9.17) is 5.11 Å². The van der Waals surface area contributed by atoms with E-state index in [-0.39, 0.29) is 5.78 Å². The Morgan fingerprint density at radius 2 is 1.88 bits per heavy atom. The Kier molecular flexibility index (Phi) is 5.65. The third-order valence-electron chi connectivity index (χ3n) is 4.03. The number of aliphatic carboxylic acids is 1. The Labute approximate surface area is 139 Å². The number of hydrogen-bond acceptors (Lipinski definition) is 4. The van der Waals surface area contributed by atoms with Crippen LogP contribution in [0.1, 0.15) is 18.4 Å². The first-order chi connectivity index (χ1) is 11.4. The highest BCUT2D eigenvalue weighted by Crippen LogP contribution is 2.22. The minimum absolute atomic E-state index is 0.225. The molecule has 0 saturated carbocycles. The molecule has 1 aromatic carbocycles. The molecule has 0 bridgehead atoms. The van der Waals surface area contributed by atoms with Crippen LogP contribution in [0.4, 0.5) is 5.69 Å². The quantitative estimate of drug-likeness (QED) is 0.737. The van der Waals surface area contributed by atoms with E-state index in [0.717, 1.165) is 0 Å². The molecule has 0 spiro atoms. The van der Waals surface area contributed by atoms with E-state index in [9.17, 15) is 19.5 Å². The van der Waals surface area contributed by atoms with E-state index >= 15 is 0 Å². The van der Waals surface area contributed by atoms with Crippen molar-refractivity contribution >= 4 is 23.3 Å². The largest absolute Gasteiger partial charge is 0.481 e. The van der Waals surface area contributed by atoms with Gasteiger partial charge in [0.05, 0.1) is 24.4 Å². The van der Waals surface area contributed by atoms with Crippen LogP contribution < -0.4 is 5.32 Å². The van der Waals surface area contributed by atoms with Gasteiger partial charge in [0.2, 0.25) is 5.91 Å². The van der Waals surface area contributed by atoms with Crippen molar-refractivity contribution in [3.63, 3.8) is 0 Å². The van der Waals surface area contributed by atoms with Crippen molar-refractivity contribution < 1.29 is 24.6 Å². The number of carboxylic acid groups (broad SMARTS) is 1. The summed E-state index contributed by atoms with van der Waals surface area (Å²) in [4.78, 5) is 35.1. The Hall–Kier alpha value is -2.73. The van der Waals surface area contributed by atoms with Gasteiger partial charge in [-0.25, -0.2) is 0 Å². The monoisotopic (exact) mass is 329 g/mol. The lowest BCUT2D eigenvalue weighted by atomic mass is 9.85. The molecule has 1 aromatic rings. The van der Waals surface area contributed by atoms with Crippen LogP contribution in [0.3, 0.4) is 0 Å². The number of aliphatic hydroxyl groups is 1. The number of carbonyl (C=O) groups excluding carboxylic acids is 2. The summed E-state index contributed by atoms with van der Waals surface area (Å²) in [5.74, 6) is -3.82. The Morgan fingerprint density at radius 1 is 1.21 bits per heavy atom. The SMILES string of the molecule is CC(C(=O)O)c1ccc(NC(=O)C(CO)C2C=CC=CC2=O)cc1. The zero-order chi connectivity index (χ0) is 17.7. The molecule has 0 radical (unpaired) electrons. The van der Waals surface area contributed by atoms with Gasteiger partial charge in [0.25, 0.3) is 0 Å². The fourth-order valence-corrected chi connectivity index (χ4v) is 2.46. The van der Waals surface area contributed by atoms with Crippen LogP contribution in [0.5, 0.6) is 0 Å². The summed E-state index contributed by atoms with van der Waals surface area (Å²) < 4.78 is 0. The number of carbonyl (C=O) groups is 3. The van der Waals surface area contributed by atoms with Gasteiger partial charge in [0, 0.05) is 5.69 Å². The zero-order valence-corrected chi connectivity index (χ0v) is 13.2. The fourth-order valence-electron chi connectivity index (χ4n) is 2.46. The summed E-state index contributed by atoms with van der Waals surface area (Å²) in [7, 11) is 0. The molecule has 0 aromatic heterocycles. The molecule has 6 heteroatoms. The van der Waals surface area contributed by atoms with E-state index < -0.39 is 36.2 Å². The highest BCUT2D eigenvalue weighted by Gasteiger charge is 2.31. The third-order valence-corrected chi connectivity index (χ3v) is 4.03. The molecule has 1 amide bonds. The highest BCUT2D eigenvalue weighted by atomic mass is 16.4. The third kappa shape index (κ3) is 3.97. The van der Waals surface area contributed by atoms with Crippen molar-refractivity contribution in [2.24, 2.45) is 11.8 Å². The number of aliphatic hydroxyl groups excluding tert-OH is 1. The molecule has 0 saturated heterocycles. The van der Waals surface area contributed by atoms with E-state index in [2.05, 4.69) is 5.32 Å². The first kappa shape index (κ1) is 17.6. The number of carboxylic acids is 1. The second-order valence-electron chi connectivity index (χ2n) is 5.63. The van der Waals surface area contributed by atoms with E-state index in [1.54, 1.807) is 49.4 Å². The maximum atomic E-state index is 12.3. The smallest absolute Gasteiger partial charge is 0.310 e. The van der Waals surface area contributed by atoms with E-state index in [0.29, 0.717) is 11.3 Å². The van der Waals surface area contributed by atoms with Gasteiger partial charge in [-0.15, -0.1) is 0 Å². The minimum Gasteiger partial charge on any atom is -0.481 e. The summed E-state index contributed by atoms with van der Waals surface area (Å²) in [5, 5.41) is 21.1. The van der Waals surface area contributed by atoms with Crippen molar-refractivity contribution in [3.05, 3.63) is 54.1 Å². The standard InChI is InChI=1S/C18H19NO5/c1-11(18(23)24)12-6-8-13(9-7-12)19-17(22)15(10-20)14-4-2-3-5-16(14)21/h2-9,11,14-15,20H,10H2,1H3,(H,19,22)(H,23,24). The van der Waals surface area contributed by atoms with Crippen molar-refractivity contribution in [2.45, 2.75) is 12.8 Å². The summed E-state index contributed by atoms with van der Waals surface area (Å²) in [6.07, 6.45) is 6.24. The molecule has 126 valence electrons. The Morgan fingerprint density at radius 3 is 2.42 bits per heavy atom. The second-order valence-corrected chi connectivity index (χ2v) is 5.63. The minimum atomic E-state index is -0.928. The molecule has 6 nitrogen and oxygen atoms in total. The van der Waals surface area contributed by atoms with Gasteiger partial charge in [-0.05, 0) is 30.7 Å². The first-order valence-corrected chi connectivity index (χ1v) is 7.57. The highest BCUT2D eigenvalue weighted by molar-refractivity contribution is 6.01. The van der Waals surface area contributed by atoms with Crippen LogP contribution in [0.2, 0.25) is 0 Å². The molecule has 0 aliphatic heterocycles. The lowest BCUT2D eigenvalue weighted by Crippen LogP contribution is -2.35. The second kappa shape index (κ2) is 7.70. The number of benzene rings is 1. The lowest BCUT2D eigenvalue weighted by molar-refractivity contribution is -0.138. The van der Waals surface area contributed by atoms with Crippen molar-refractivity contribution in [1.82, 2.24) is 0 Å². The maximum absolute atomic E-state index is 12.3. The van der Waals surface area contributed by atoms with Crippen molar-refractivity contribution in [3.8, 4) is 0 Å². The number of amides is 1. The van der Waals surface area contributed by atoms with Crippen LogP contribution in [-0.2, 0) is 14.4 Å². The van der Waals surface area contributed by atoms with Crippen LogP contribution in [0, 0.1) is 11.8 Å². The normalized spacial score (nSPS) is 18.9. The number of nitrogens with one attached hydrogen (secondary N) is 1. The molecule has 2 rings (SSSR count). The predicted molar refractivity (Wildman–Crippen MR) is 88.5 cm³/mol. The van der Waals surface area contributed by atoms with E-state index in [1.165, 1.54) is 6.08 Å². The molecule has 3 unspecified atom stereocenters. The Balaban J connectivity index is 2.07. The molecular formula is C18H19NO5. The van der Waals surface area contributed by atoms with Gasteiger partial charge >= 0.3 is 5.97 Å². The van der Waals surface area contributed by atoms with Gasteiger partial charge < -0.3 is 15.5 Å². The zero-order valence-electron chi connectivity index (χ0n) is 13.2. The Bertz CT molecular complexity index is 690. The van der Waals surface area contributed by atoms with Gasteiger partial charge in [0.15, 0.2) is 5.78 Å². The van der Waals surface area contributed by atoms with Crippen LogP contribution in [0.25, 0.3) is 0 Å². The van der Waals surface area contributed by atoms with Gasteiger partial charge in [-0.1, -0.05) is 30.4 Å². The molecule has 3 atom stereocenters. The molecular weight excluding hydrogens is 310 g/mol. The predicted octanol–water partition coefficient (Wildman–Crippen LogP) is 1.73. The number of allylic oxidation sites excluding steroid dienone is 4. The number of anilines is 1. The average Bonchev–Trinajstić information content (AvgIpc) is 2.57. The average molecular weight is 329 g/mol.